The quantitative estimate of drug-likeness (QED) is 0.652. The molecule has 0 aliphatic carbocycles. The molecule has 0 saturated carbocycles. The molecule has 0 unspecified atom stereocenters. The molecule has 0 radical (unpaired) electrons. The molecule has 6 heteroatoms. The van der Waals surface area contributed by atoms with Crippen LogP contribution in [0.25, 0.3) is 0 Å². The predicted molar refractivity (Wildman–Crippen MR) is 80.0 cm³/mol. The highest BCUT2D eigenvalue weighted by atomic mass is 16.6. The van der Waals surface area contributed by atoms with Crippen LogP contribution in [0.3, 0.4) is 0 Å². The molecule has 6 nitrogen and oxygen atoms in total. The Balaban J connectivity index is 2.15. The maximum Gasteiger partial charge on any atom is 0.292 e. The van der Waals surface area contributed by atoms with Gasteiger partial charge >= 0.3 is 0 Å². The van der Waals surface area contributed by atoms with E-state index in [9.17, 15) is 10.1 Å². The third-order valence-electron chi connectivity index (χ3n) is 2.99. The molecular formula is C15H16N2O4. The lowest BCUT2D eigenvalue weighted by Gasteiger charge is -2.11. The average molecular weight is 288 g/mol. The second-order valence-corrected chi connectivity index (χ2v) is 4.30. The molecule has 2 aromatic rings. The fourth-order valence-corrected chi connectivity index (χ4v) is 1.93. The summed E-state index contributed by atoms with van der Waals surface area (Å²) in [4.78, 5) is 10.5. The van der Waals surface area contributed by atoms with Crippen molar-refractivity contribution in [3.63, 3.8) is 0 Å². The van der Waals surface area contributed by atoms with Gasteiger partial charge in [0.25, 0.3) is 5.69 Å². The first-order valence-electron chi connectivity index (χ1n) is 6.36. The molecule has 110 valence electrons. The molecule has 0 saturated heterocycles. The van der Waals surface area contributed by atoms with Crippen LogP contribution in [0.2, 0.25) is 0 Å². The fourth-order valence-electron chi connectivity index (χ4n) is 1.93. The molecule has 0 aliphatic rings. The van der Waals surface area contributed by atoms with E-state index in [1.807, 2.05) is 24.3 Å². The van der Waals surface area contributed by atoms with Gasteiger partial charge in [-0.25, -0.2) is 0 Å². The zero-order valence-corrected chi connectivity index (χ0v) is 11.8. The molecule has 0 aromatic heterocycles. The highest BCUT2D eigenvalue weighted by Crippen LogP contribution is 2.28. The summed E-state index contributed by atoms with van der Waals surface area (Å²) in [5, 5.41) is 13.7. The van der Waals surface area contributed by atoms with Crippen molar-refractivity contribution in [2.75, 3.05) is 19.5 Å². The average Bonchev–Trinajstić information content (AvgIpc) is 2.52. The van der Waals surface area contributed by atoms with Gasteiger partial charge in [-0.1, -0.05) is 12.1 Å². The monoisotopic (exact) mass is 288 g/mol. The van der Waals surface area contributed by atoms with Crippen molar-refractivity contribution in [3.8, 4) is 11.5 Å². The molecule has 21 heavy (non-hydrogen) atoms. The zero-order valence-electron chi connectivity index (χ0n) is 11.8. The number of hydrogen-bond acceptors (Lipinski definition) is 5. The van der Waals surface area contributed by atoms with Crippen LogP contribution in [-0.2, 0) is 6.61 Å². The van der Waals surface area contributed by atoms with Crippen LogP contribution in [0.1, 0.15) is 5.56 Å². The minimum Gasteiger partial charge on any atom is -0.493 e. The van der Waals surface area contributed by atoms with Gasteiger partial charge in [-0.3, -0.25) is 10.1 Å². The Morgan fingerprint density at radius 2 is 1.90 bits per heavy atom. The number of nitrogens with zero attached hydrogens (tertiary/aromatic N) is 1. The molecule has 1 N–H and O–H groups in total. The van der Waals surface area contributed by atoms with Crippen LogP contribution in [-0.4, -0.2) is 19.1 Å². The Kier molecular flexibility index (Phi) is 4.61. The van der Waals surface area contributed by atoms with Crippen LogP contribution in [0.4, 0.5) is 11.4 Å². The van der Waals surface area contributed by atoms with Gasteiger partial charge in [0.1, 0.15) is 12.3 Å². The van der Waals surface area contributed by atoms with Crippen LogP contribution in [0.15, 0.2) is 42.5 Å². The molecule has 0 fully saturated rings. The maximum absolute atomic E-state index is 10.9. The molecule has 2 rings (SSSR count). The van der Waals surface area contributed by atoms with Crippen LogP contribution in [0.5, 0.6) is 11.5 Å². The first-order valence-corrected chi connectivity index (χ1v) is 6.36. The molecule has 0 bridgehead atoms. The lowest BCUT2D eigenvalue weighted by Crippen LogP contribution is -2.01. The van der Waals surface area contributed by atoms with E-state index < -0.39 is 4.92 Å². The summed E-state index contributed by atoms with van der Waals surface area (Å²) in [5.74, 6) is 1.28. The van der Waals surface area contributed by atoms with Crippen LogP contribution >= 0.6 is 0 Å². The summed E-state index contributed by atoms with van der Waals surface area (Å²) < 4.78 is 10.9. The van der Waals surface area contributed by atoms with E-state index in [0.717, 1.165) is 5.56 Å². The topological polar surface area (TPSA) is 73.6 Å². The Labute approximate surface area is 122 Å². The van der Waals surface area contributed by atoms with Crippen molar-refractivity contribution in [3.05, 3.63) is 58.1 Å². The van der Waals surface area contributed by atoms with Gasteiger partial charge in [-0.2, -0.15) is 0 Å². The predicted octanol–water partition coefficient (Wildman–Crippen LogP) is 3.22. The van der Waals surface area contributed by atoms with E-state index in [1.165, 1.54) is 6.07 Å². The number of nitrogens with one attached hydrogen (secondary N) is 1. The highest BCUT2D eigenvalue weighted by molar-refractivity contribution is 5.62. The summed E-state index contributed by atoms with van der Waals surface area (Å²) in [5.41, 5.74) is 1.33. The van der Waals surface area contributed by atoms with Gasteiger partial charge in [0.05, 0.1) is 12.0 Å². The summed E-state index contributed by atoms with van der Waals surface area (Å²) in [6.07, 6.45) is 0. The molecule has 0 aliphatic heterocycles. The zero-order chi connectivity index (χ0) is 15.2. The number of benzene rings is 2. The van der Waals surface area contributed by atoms with Crippen LogP contribution < -0.4 is 14.8 Å². The Morgan fingerprint density at radius 1 is 1.19 bits per heavy atom. The summed E-state index contributed by atoms with van der Waals surface area (Å²) >= 11 is 0. The van der Waals surface area contributed by atoms with E-state index in [0.29, 0.717) is 23.8 Å². The minimum atomic E-state index is -0.420. The van der Waals surface area contributed by atoms with Crippen molar-refractivity contribution in [2.45, 2.75) is 6.61 Å². The van der Waals surface area contributed by atoms with E-state index in [-0.39, 0.29) is 5.69 Å². The van der Waals surface area contributed by atoms with E-state index in [4.69, 9.17) is 9.47 Å². The number of anilines is 1. The van der Waals surface area contributed by atoms with Crippen molar-refractivity contribution < 1.29 is 14.4 Å². The molecule has 0 atom stereocenters. The maximum atomic E-state index is 10.9. The summed E-state index contributed by atoms with van der Waals surface area (Å²) in [6.45, 7) is 0.299. The van der Waals surface area contributed by atoms with E-state index >= 15 is 0 Å². The number of para-hydroxylation sites is 2. The number of nitro benzene ring substituents is 1. The van der Waals surface area contributed by atoms with Crippen molar-refractivity contribution in [2.24, 2.45) is 0 Å². The van der Waals surface area contributed by atoms with E-state index in [2.05, 4.69) is 5.32 Å². The first kappa shape index (κ1) is 14.6. The van der Waals surface area contributed by atoms with Crippen molar-refractivity contribution in [1.29, 1.82) is 0 Å². The SMILES string of the molecule is CNc1cc(COc2ccccc2OC)ccc1[N+](=O)[O-]. The van der Waals surface area contributed by atoms with Gasteiger partial charge in [-0.15, -0.1) is 0 Å². The third kappa shape index (κ3) is 3.42. The Bertz CT molecular complexity index is 643. The second-order valence-electron chi connectivity index (χ2n) is 4.30. The van der Waals surface area contributed by atoms with Crippen molar-refractivity contribution in [1.82, 2.24) is 0 Å². The number of rotatable bonds is 6. The summed E-state index contributed by atoms with van der Waals surface area (Å²) in [7, 11) is 3.22. The Hall–Kier alpha value is -2.76. The molecule has 0 heterocycles. The second kappa shape index (κ2) is 6.60. The smallest absolute Gasteiger partial charge is 0.292 e. The van der Waals surface area contributed by atoms with Gasteiger partial charge in [0.15, 0.2) is 11.5 Å². The highest BCUT2D eigenvalue weighted by Gasteiger charge is 2.13. The largest absolute Gasteiger partial charge is 0.493 e. The normalized spacial score (nSPS) is 10.0. The van der Waals surface area contributed by atoms with Crippen LogP contribution in [0, 0.1) is 10.1 Å². The lowest BCUT2D eigenvalue weighted by atomic mass is 10.2. The molecule has 2 aromatic carbocycles. The molecule has 0 spiro atoms. The van der Waals surface area contributed by atoms with Gasteiger partial charge in [0.2, 0.25) is 0 Å². The standard InChI is InChI=1S/C15H16N2O4/c1-16-12-9-11(7-8-13(12)17(18)19)10-21-15-6-4-3-5-14(15)20-2/h3-9,16H,10H2,1-2H3. The van der Waals surface area contributed by atoms with Gasteiger partial charge in [0, 0.05) is 13.1 Å². The Morgan fingerprint density at radius 3 is 2.52 bits per heavy atom. The molecular weight excluding hydrogens is 272 g/mol. The van der Waals surface area contributed by atoms with Crippen molar-refractivity contribution >= 4 is 11.4 Å². The summed E-state index contributed by atoms with van der Waals surface area (Å²) in [6, 6.07) is 12.2. The first-order chi connectivity index (χ1) is 10.2. The van der Waals surface area contributed by atoms with Gasteiger partial charge < -0.3 is 14.8 Å². The minimum absolute atomic E-state index is 0.0403. The van der Waals surface area contributed by atoms with Gasteiger partial charge in [-0.05, 0) is 29.8 Å². The van der Waals surface area contributed by atoms with E-state index in [1.54, 1.807) is 26.3 Å². The number of nitro groups is 1. The molecule has 0 amide bonds. The fraction of sp³-hybridized carbons (Fsp3) is 0.200. The number of hydrogen-bond donors (Lipinski definition) is 1. The third-order valence-corrected chi connectivity index (χ3v) is 2.99. The number of methoxy groups -OCH3 is 1. The number of ether oxygens (including phenoxy) is 2. The lowest BCUT2D eigenvalue weighted by molar-refractivity contribution is -0.384.